The first-order valence-electron chi connectivity index (χ1n) is 6.98. The van der Waals surface area contributed by atoms with E-state index in [1.165, 1.54) is 0 Å². The van der Waals surface area contributed by atoms with Gasteiger partial charge in [0, 0.05) is 18.7 Å². The maximum atomic E-state index is 12.3. The molecule has 1 saturated heterocycles. The van der Waals surface area contributed by atoms with E-state index in [1.54, 1.807) is 15.9 Å². The highest BCUT2D eigenvalue weighted by atomic mass is 16.3. The number of hydrogen-bond acceptors (Lipinski definition) is 3. The number of carbonyl (C=O) groups is 2. The Morgan fingerprint density at radius 1 is 1.35 bits per heavy atom. The van der Waals surface area contributed by atoms with Crippen molar-refractivity contribution >= 4 is 11.8 Å². The van der Waals surface area contributed by atoms with Crippen LogP contribution in [0.5, 0.6) is 0 Å². The summed E-state index contributed by atoms with van der Waals surface area (Å²) >= 11 is 0. The molecule has 1 N–H and O–H groups in total. The molecule has 20 heavy (non-hydrogen) atoms. The van der Waals surface area contributed by atoms with Crippen LogP contribution in [-0.2, 0) is 11.3 Å². The van der Waals surface area contributed by atoms with Crippen LogP contribution in [-0.4, -0.2) is 52.5 Å². The van der Waals surface area contributed by atoms with Gasteiger partial charge in [-0.2, -0.15) is 0 Å². The molecule has 0 saturated carbocycles. The highest BCUT2D eigenvalue weighted by Gasteiger charge is 2.33. The third-order valence-corrected chi connectivity index (χ3v) is 4.13. The van der Waals surface area contributed by atoms with E-state index in [9.17, 15) is 14.7 Å². The summed E-state index contributed by atoms with van der Waals surface area (Å²) in [5, 5.41) is 9.27. The Hall–Kier alpha value is -1.88. The molecule has 1 atom stereocenters. The van der Waals surface area contributed by atoms with E-state index in [0.29, 0.717) is 18.7 Å². The number of benzene rings is 1. The van der Waals surface area contributed by atoms with Gasteiger partial charge < -0.3 is 14.9 Å². The minimum atomic E-state index is -0.0809. The predicted molar refractivity (Wildman–Crippen MR) is 73.0 cm³/mol. The van der Waals surface area contributed by atoms with Gasteiger partial charge in [-0.25, -0.2) is 0 Å². The highest BCUT2D eigenvalue weighted by molar-refractivity contribution is 6.00. The molecule has 0 unspecified atom stereocenters. The van der Waals surface area contributed by atoms with Crippen molar-refractivity contribution in [3.05, 3.63) is 35.4 Å². The summed E-state index contributed by atoms with van der Waals surface area (Å²) in [4.78, 5) is 27.8. The molecule has 1 aromatic carbocycles. The number of aliphatic hydroxyl groups excluding tert-OH is 1. The monoisotopic (exact) mass is 274 g/mol. The quantitative estimate of drug-likeness (QED) is 0.879. The molecule has 2 aliphatic rings. The van der Waals surface area contributed by atoms with Gasteiger partial charge in [-0.3, -0.25) is 9.59 Å². The Bertz CT molecular complexity index is 544. The van der Waals surface area contributed by atoms with Crippen LogP contribution in [0.15, 0.2) is 24.3 Å². The molecule has 0 bridgehead atoms. The summed E-state index contributed by atoms with van der Waals surface area (Å²) in [5.41, 5.74) is 1.67. The second kappa shape index (κ2) is 5.25. The molecule has 3 rings (SSSR count). The van der Waals surface area contributed by atoms with E-state index in [4.69, 9.17) is 0 Å². The zero-order valence-electron chi connectivity index (χ0n) is 11.3. The molecule has 1 aromatic rings. The Labute approximate surface area is 117 Å². The molecule has 5 nitrogen and oxygen atoms in total. The van der Waals surface area contributed by atoms with Crippen LogP contribution in [0.4, 0.5) is 0 Å². The molecule has 0 aromatic heterocycles. The van der Waals surface area contributed by atoms with E-state index >= 15 is 0 Å². The van der Waals surface area contributed by atoms with Gasteiger partial charge in [0.05, 0.1) is 12.6 Å². The van der Waals surface area contributed by atoms with Crippen molar-refractivity contribution in [2.24, 2.45) is 0 Å². The Morgan fingerprint density at radius 3 is 2.90 bits per heavy atom. The fraction of sp³-hybridized carbons (Fsp3) is 0.467. The molecule has 106 valence electrons. The fourth-order valence-corrected chi connectivity index (χ4v) is 3.05. The van der Waals surface area contributed by atoms with Crippen molar-refractivity contribution in [3.63, 3.8) is 0 Å². The van der Waals surface area contributed by atoms with Gasteiger partial charge in [0.2, 0.25) is 5.91 Å². The molecule has 5 heteroatoms. The van der Waals surface area contributed by atoms with Crippen LogP contribution in [0.25, 0.3) is 0 Å². The van der Waals surface area contributed by atoms with Crippen molar-refractivity contribution in [2.45, 2.75) is 25.4 Å². The fourth-order valence-electron chi connectivity index (χ4n) is 3.05. The lowest BCUT2D eigenvalue weighted by Crippen LogP contribution is -2.44. The third kappa shape index (κ3) is 2.18. The molecule has 0 radical (unpaired) electrons. The predicted octanol–water partition coefficient (Wildman–Crippen LogP) is 0.626. The lowest BCUT2D eigenvalue weighted by molar-refractivity contribution is -0.133. The molecule has 0 aliphatic carbocycles. The number of carbonyl (C=O) groups excluding carboxylic acids is 2. The van der Waals surface area contributed by atoms with Crippen molar-refractivity contribution < 1.29 is 14.7 Å². The largest absolute Gasteiger partial charge is 0.394 e. The minimum Gasteiger partial charge on any atom is -0.394 e. The summed E-state index contributed by atoms with van der Waals surface area (Å²) in [6, 6.07) is 7.38. The van der Waals surface area contributed by atoms with E-state index < -0.39 is 0 Å². The van der Waals surface area contributed by atoms with Crippen molar-refractivity contribution in [2.75, 3.05) is 19.7 Å². The van der Waals surface area contributed by atoms with Gasteiger partial charge in [0.1, 0.15) is 6.54 Å². The zero-order valence-corrected chi connectivity index (χ0v) is 11.3. The second-order valence-corrected chi connectivity index (χ2v) is 5.38. The van der Waals surface area contributed by atoms with Crippen LogP contribution in [0.1, 0.15) is 28.8 Å². The van der Waals surface area contributed by atoms with Crippen LogP contribution >= 0.6 is 0 Å². The van der Waals surface area contributed by atoms with Crippen LogP contribution in [0.3, 0.4) is 0 Å². The maximum Gasteiger partial charge on any atom is 0.254 e. The average molecular weight is 274 g/mol. The van der Waals surface area contributed by atoms with Crippen LogP contribution in [0, 0.1) is 0 Å². The van der Waals surface area contributed by atoms with Gasteiger partial charge in [-0.1, -0.05) is 18.2 Å². The number of aliphatic hydroxyl groups is 1. The molecule has 2 amide bonds. The lowest BCUT2D eigenvalue weighted by atomic mass is 10.1. The number of amides is 2. The first kappa shape index (κ1) is 13.1. The van der Waals surface area contributed by atoms with Gasteiger partial charge in [-0.05, 0) is 24.5 Å². The zero-order chi connectivity index (χ0) is 14.1. The summed E-state index contributed by atoms with van der Waals surface area (Å²) in [6.07, 6.45) is 1.77. The van der Waals surface area contributed by atoms with Gasteiger partial charge >= 0.3 is 0 Å². The second-order valence-electron chi connectivity index (χ2n) is 5.38. The number of hydrogen-bond donors (Lipinski definition) is 1. The van der Waals surface area contributed by atoms with Crippen LogP contribution < -0.4 is 0 Å². The number of fused-ring (bicyclic) bond motifs is 1. The van der Waals surface area contributed by atoms with Gasteiger partial charge in [0.15, 0.2) is 0 Å². The molecule has 1 fully saturated rings. The topological polar surface area (TPSA) is 60.9 Å². The number of nitrogens with zero attached hydrogens (tertiary/aromatic N) is 2. The Balaban J connectivity index is 1.68. The molecule has 0 spiro atoms. The van der Waals surface area contributed by atoms with Crippen molar-refractivity contribution in [1.29, 1.82) is 0 Å². The highest BCUT2D eigenvalue weighted by Crippen LogP contribution is 2.23. The van der Waals surface area contributed by atoms with Gasteiger partial charge in [-0.15, -0.1) is 0 Å². The van der Waals surface area contributed by atoms with Crippen molar-refractivity contribution in [3.8, 4) is 0 Å². The van der Waals surface area contributed by atoms with Gasteiger partial charge in [0.25, 0.3) is 5.91 Å². The molecular weight excluding hydrogens is 256 g/mol. The number of rotatable bonds is 3. The summed E-state index contributed by atoms with van der Waals surface area (Å²) in [6.45, 7) is 1.28. The van der Waals surface area contributed by atoms with Crippen LogP contribution in [0.2, 0.25) is 0 Å². The van der Waals surface area contributed by atoms with E-state index in [-0.39, 0.29) is 31.0 Å². The smallest absolute Gasteiger partial charge is 0.254 e. The summed E-state index contributed by atoms with van der Waals surface area (Å²) < 4.78 is 0. The third-order valence-electron chi connectivity index (χ3n) is 4.13. The summed E-state index contributed by atoms with van der Waals surface area (Å²) in [7, 11) is 0. The molecular formula is C15H18N2O3. The first-order chi connectivity index (χ1) is 9.70. The molecule has 2 aliphatic heterocycles. The lowest BCUT2D eigenvalue weighted by Gasteiger charge is -2.25. The normalized spacial score (nSPS) is 21.4. The number of likely N-dealkylation sites (tertiary alicyclic amines) is 1. The average Bonchev–Trinajstić information content (AvgIpc) is 3.05. The molecule has 2 heterocycles. The minimum absolute atomic E-state index is 0.0000873. The van der Waals surface area contributed by atoms with Crippen molar-refractivity contribution in [1.82, 2.24) is 9.80 Å². The first-order valence-corrected chi connectivity index (χ1v) is 6.98. The summed E-state index contributed by atoms with van der Waals surface area (Å²) in [5.74, 6) is -0.142. The Kier molecular flexibility index (Phi) is 3.44. The van der Waals surface area contributed by atoms with E-state index in [1.807, 2.05) is 18.2 Å². The Morgan fingerprint density at radius 2 is 2.15 bits per heavy atom. The SMILES string of the molecule is O=C1c2ccccc2CN1CC(=O)N1CCC[C@@H]1CO. The van der Waals surface area contributed by atoms with E-state index in [0.717, 1.165) is 18.4 Å². The standard InChI is InChI=1S/C15H18N2O3/c18-10-12-5-3-7-17(12)14(19)9-16-8-11-4-1-2-6-13(11)15(16)20/h1-2,4,6,12,18H,3,5,7-10H2/t12-/m1/s1. The maximum absolute atomic E-state index is 12.3. The van der Waals surface area contributed by atoms with E-state index in [2.05, 4.69) is 0 Å².